The Morgan fingerprint density at radius 3 is 2.95 bits per heavy atom. The van der Waals surface area contributed by atoms with Crippen molar-refractivity contribution in [1.82, 2.24) is 0 Å². The predicted octanol–water partition coefficient (Wildman–Crippen LogP) is 2.88. The lowest BCUT2D eigenvalue weighted by molar-refractivity contribution is 0.155. The maximum atomic E-state index is 11.4. The Kier molecular flexibility index (Phi) is 2.68. The van der Waals surface area contributed by atoms with Crippen molar-refractivity contribution in [3.05, 3.63) is 58.7 Å². The zero-order valence-corrected chi connectivity index (χ0v) is 12.6. The fourth-order valence-electron chi connectivity index (χ4n) is 3.17. The number of nitrogens with zero attached hydrogens (tertiary/aromatic N) is 1. The van der Waals surface area contributed by atoms with Crippen LogP contribution in [0.4, 0.5) is 5.69 Å². The second kappa shape index (κ2) is 4.36. The highest BCUT2D eigenvalue weighted by atomic mass is 32.2. The molecule has 4 heteroatoms. The van der Waals surface area contributed by atoms with Gasteiger partial charge in [-0.2, -0.15) is 0 Å². The number of aliphatic hydroxyl groups is 1. The average Bonchev–Trinajstić information content (AvgIpc) is 3.04. The van der Waals surface area contributed by atoms with Gasteiger partial charge >= 0.3 is 0 Å². The Bertz CT molecular complexity index is 784. The minimum atomic E-state index is -1.30. The number of amidine groups is 1. The largest absolute Gasteiger partial charge is 0.384 e. The van der Waals surface area contributed by atoms with Crippen LogP contribution in [-0.4, -0.2) is 16.7 Å². The minimum absolute atomic E-state index is 0.268. The van der Waals surface area contributed by atoms with E-state index in [-0.39, 0.29) is 5.84 Å². The van der Waals surface area contributed by atoms with Gasteiger partial charge in [0, 0.05) is 21.8 Å². The van der Waals surface area contributed by atoms with Gasteiger partial charge in [-0.1, -0.05) is 35.9 Å². The molecule has 0 fully saturated rings. The van der Waals surface area contributed by atoms with E-state index in [1.54, 1.807) is 11.8 Å². The average molecular weight is 296 g/mol. The third-order valence-electron chi connectivity index (χ3n) is 4.26. The first kappa shape index (κ1) is 12.9. The Hall–Kier alpha value is -1.78. The topological polar surface area (TPSA) is 58.6 Å². The van der Waals surface area contributed by atoms with Crippen molar-refractivity contribution in [3.8, 4) is 0 Å². The fraction of sp³-hybridized carbons (Fsp3) is 0.235. The van der Waals surface area contributed by atoms with Crippen LogP contribution in [0.1, 0.15) is 22.3 Å². The summed E-state index contributed by atoms with van der Waals surface area (Å²) in [7, 11) is 0. The van der Waals surface area contributed by atoms with Gasteiger partial charge in [-0.15, -0.1) is 11.8 Å². The summed E-state index contributed by atoms with van der Waals surface area (Å²) in [5, 5.41) is 11.4. The molecule has 2 aliphatic rings. The Balaban J connectivity index is 1.99. The zero-order valence-electron chi connectivity index (χ0n) is 11.8. The molecule has 0 aromatic heterocycles. The molecule has 0 saturated carbocycles. The molecular weight excluding hydrogens is 280 g/mol. The van der Waals surface area contributed by atoms with Crippen LogP contribution < -0.4 is 5.73 Å². The SMILES string of the molecule is Cc1ccc2c(c1)C(O)(c1cccc3c1SCC3)C(N)=N2. The molecule has 0 amide bonds. The third kappa shape index (κ3) is 1.69. The normalized spacial score (nSPS) is 22.9. The van der Waals surface area contributed by atoms with E-state index in [4.69, 9.17) is 5.73 Å². The van der Waals surface area contributed by atoms with Crippen LogP contribution in [0.3, 0.4) is 0 Å². The number of hydrogen-bond acceptors (Lipinski definition) is 4. The van der Waals surface area contributed by atoms with Crippen molar-refractivity contribution >= 4 is 23.3 Å². The van der Waals surface area contributed by atoms with E-state index in [1.165, 1.54) is 5.56 Å². The van der Waals surface area contributed by atoms with E-state index in [9.17, 15) is 5.11 Å². The fourth-order valence-corrected chi connectivity index (χ4v) is 4.42. The van der Waals surface area contributed by atoms with Gasteiger partial charge in [0.15, 0.2) is 5.60 Å². The van der Waals surface area contributed by atoms with Gasteiger partial charge in [-0.25, -0.2) is 4.99 Å². The highest BCUT2D eigenvalue weighted by Gasteiger charge is 2.44. The van der Waals surface area contributed by atoms with Crippen molar-refractivity contribution < 1.29 is 5.11 Å². The number of hydrogen-bond donors (Lipinski definition) is 2. The molecule has 0 aliphatic carbocycles. The molecule has 2 aliphatic heterocycles. The molecule has 3 N–H and O–H groups in total. The van der Waals surface area contributed by atoms with Gasteiger partial charge in [-0.05, 0) is 25.0 Å². The standard InChI is InChI=1S/C17H16N2OS/c1-10-5-6-14-13(9-10)17(20,16(18)19-14)12-4-2-3-11-7-8-21-15(11)12/h2-6,9,20H,7-8H2,1H3,(H2,18,19). The number of aliphatic imine (C=N–C) groups is 1. The minimum Gasteiger partial charge on any atom is -0.384 e. The third-order valence-corrected chi connectivity index (χ3v) is 5.44. The van der Waals surface area contributed by atoms with Gasteiger partial charge in [0.05, 0.1) is 5.69 Å². The second-order valence-corrected chi connectivity index (χ2v) is 6.73. The van der Waals surface area contributed by atoms with E-state index in [0.29, 0.717) is 0 Å². The van der Waals surface area contributed by atoms with Crippen LogP contribution in [0, 0.1) is 6.92 Å². The summed E-state index contributed by atoms with van der Waals surface area (Å²) < 4.78 is 0. The van der Waals surface area contributed by atoms with E-state index in [1.807, 2.05) is 37.3 Å². The lowest BCUT2D eigenvalue weighted by Gasteiger charge is -2.27. The molecule has 2 heterocycles. The summed E-state index contributed by atoms with van der Waals surface area (Å²) in [5.41, 5.74) is 9.64. The lowest BCUT2D eigenvalue weighted by Crippen LogP contribution is -2.40. The Morgan fingerprint density at radius 1 is 1.24 bits per heavy atom. The molecule has 106 valence electrons. The number of rotatable bonds is 1. The monoisotopic (exact) mass is 296 g/mol. The maximum Gasteiger partial charge on any atom is 0.175 e. The summed E-state index contributed by atoms with van der Waals surface area (Å²) in [6.45, 7) is 2.01. The smallest absolute Gasteiger partial charge is 0.175 e. The van der Waals surface area contributed by atoms with Crippen LogP contribution in [0.2, 0.25) is 0 Å². The maximum absolute atomic E-state index is 11.4. The summed E-state index contributed by atoms with van der Waals surface area (Å²) in [6.07, 6.45) is 1.04. The van der Waals surface area contributed by atoms with Crippen LogP contribution in [0.25, 0.3) is 0 Å². The van der Waals surface area contributed by atoms with Crippen LogP contribution in [0.15, 0.2) is 46.3 Å². The lowest BCUT2D eigenvalue weighted by atomic mass is 9.85. The van der Waals surface area contributed by atoms with E-state index < -0.39 is 5.60 Å². The highest BCUT2D eigenvalue weighted by molar-refractivity contribution is 7.99. The van der Waals surface area contributed by atoms with Crippen LogP contribution in [0.5, 0.6) is 0 Å². The van der Waals surface area contributed by atoms with Crippen molar-refractivity contribution in [2.45, 2.75) is 23.8 Å². The molecule has 1 unspecified atom stereocenters. The molecule has 0 spiro atoms. The summed E-state index contributed by atoms with van der Waals surface area (Å²) in [6, 6.07) is 12.0. The molecule has 4 rings (SSSR count). The molecular formula is C17H16N2OS. The number of thioether (sulfide) groups is 1. The predicted molar refractivity (Wildman–Crippen MR) is 86.3 cm³/mol. The van der Waals surface area contributed by atoms with Gasteiger partial charge < -0.3 is 10.8 Å². The molecule has 0 radical (unpaired) electrons. The van der Waals surface area contributed by atoms with Crippen molar-refractivity contribution in [2.24, 2.45) is 10.7 Å². The first-order valence-corrected chi connectivity index (χ1v) is 8.02. The van der Waals surface area contributed by atoms with Gasteiger partial charge in [0.25, 0.3) is 0 Å². The molecule has 1 atom stereocenters. The Labute approximate surface area is 127 Å². The van der Waals surface area contributed by atoms with Crippen molar-refractivity contribution in [3.63, 3.8) is 0 Å². The molecule has 21 heavy (non-hydrogen) atoms. The van der Waals surface area contributed by atoms with Crippen molar-refractivity contribution in [1.29, 1.82) is 0 Å². The zero-order chi connectivity index (χ0) is 14.6. The molecule has 2 aromatic rings. The summed E-state index contributed by atoms with van der Waals surface area (Å²) >= 11 is 1.79. The summed E-state index contributed by atoms with van der Waals surface area (Å²) in [5.74, 6) is 1.32. The van der Waals surface area contributed by atoms with E-state index >= 15 is 0 Å². The number of nitrogens with two attached hydrogens (primary N) is 1. The first-order valence-electron chi connectivity index (χ1n) is 7.04. The quantitative estimate of drug-likeness (QED) is 0.850. The van der Waals surface area contributed by atoms with Gasteiger partial charge in [-0.3, -0.25) is 0 Å². The Morgan fingerprint density at radius 2 is 2.10 bits per heavy atom. The molecule has 3 nitrogen and oxygen atoms in total. The van der Waals surface area contributed by atoms with Gasteiger partial charge in [0.2, 0.25) is 0 Å². The van der Waals surface area contributed by atoms with Crippen LogP contribution in [-0.2, 0) is 12.0 Å². The van der Waals surface area contributed by atoms with E-state index in [0.717, 1.165) is 39.4 Å². The van der Waals surface area contributed by atoms with E-state index in [2.05, 4.69) is 11.1 Å². The van der Waals surface area contributed by atoms with Crippen LogP contribution >= 0.6 is 11.8 Å². The van der Waals surface area contributed by atoms with Crippen molar-refractivity contribution in [2.75, 3.05) is 5.75 Å². The highest BCUT2D eigenvalue weighted by Crippen LogP contribution is 2.47. The van der Waals surface area contributed by atoms with Gasteiger partial charge in [0.1, 0.15) is 5.84 Å². The summed E-state index contributed by atoms with van der Waals surface area (Å²) in [4.78, 5) is 5.54. The number of benzene rings is 2. The number of fused-ring (bicyclic) bond motifs is 2. The molecule has 0 saturated heterocycles. The molecule has 0 bridgehead atoms. The second-order valence-electron chi connectivity index (χ2n) is 5.62. The molecule has 2 aromatic carbocycles. The first-order chi connectivity index (χ1) is 10.1. The number of aryl methyl sites for hydroxylation is 2.